The lowest BCUT2D eigenvalue weighted by molar-refractivity contribution is 0.108. The van der Waals surface area contributed by atoms with E-state index in [-0.39, 0.29) is 5.75 Å². The van der Waals surface area contributed by atoms with E-state index in [4.69, 9.17) is 16.2 Å². The van der Waals surface area contributed by atoms with E-state index in [1.807, 2.05) is 6.07 Å². The van der Waals surface area contributed by atoms with Crippen molar-refractivity contribution >= 4 is 27.9 Å². The molecule has 3 nitrogen and oxygen atoms in total. The summed E-state index contributed by atoms with van der Waals surface area (Å²) in [5.41, 5.74) is 2.11. The van der Waals surface area contributed by atoms with Gasteiger partial charge in [0, 0.05) is 5.56 Å². The van der Waals surface area contributed by atoms with Gasteiger partial charge in [-0.25, -0.2) is 4.21 Å². The molecular weight excluding hydrogens is 260 g/mol. The molecule has 1 unspecified atom stereocenters. The summed E-state index contributed by atoms with van der Waals surface area (Å²) in [6.45, 7) is 2.08. The van der Waals surface area contributed by atoms with E-state index in [0.717, 1.165) is 30.4 Å². The Bertz CT molecular complexity index is 432. The van der Waals surface area contributed by atoms with Crippen molar-refractivity contribution in [3.8, 4) is 0 Å². The highest BCUT2D eigenvalue weighted by atomic mass is 35.5. The van der Waals surface area contributed by atoms with Crippen molar-refractivity contribution in [3.63, 3.8) is 0 Å². The van der Waals surface area contributed by atoms with Crippen molar-refractivity contribution in [2.24, 2.45) is 0 Å². The van der Waals surface area contributed by atoms with Crippen LogP contribution in [-0.2, 0) is 23.3 Å². The van der Waals surface area contributed by atoms with E-state index >= 15 is 0 Å². The third-order valence-electron chi connectivity index (χ3n) is 2.51. The van der Waals surface area contributed by atoms with Crippen LogP contribution < -0.4 is 0 Å². The number of benzene rings is 1. The van der Waals surface area contributed by atoms with Gasteiger partial charge in [-0.3, -0.25) is 4.79 Å². The molecule has 1 rings (SSSR count). The topological polar surface area (TPSA) is 54.4 Å². The van der Waals surface area contributed by atoms with Gasteiger partial charge < -0.3 is 4.55 Å². The maximum absolute atomic E-state index is 11.0. The van der Waals surface area contributed by atoms with E-state index in [1.54, 1.807) is 12.1 Å². The summed E-state index contributed by atoms with van der Waals surface area (Å²) < 4.78 is 19.8. The Kier molecular flexibility index (Phi) is 5.82. The predicted molar refractivity (Wildman–Crippen MR) is 69.7 cm³/mol. The highest BCUT2D eigenvalue weighted by Gasteiger charge is 2.09. The first-order valence-corrected chi connectivity index (χ1v) is 7.09. The second kappa shape index (κ2) is 6.89. The molecule has 0 aliphatic rings. The van der Waals surface area contributed by atoms with Crippen LogP contribution in [0.1, 0.15) is 41.3 Å². The third-order valence-corrected chi connectivity index (χ3v) is 3.29. The van der Waals surface area contributed by atoms with Crippen LogP contribution in [0, 0.1) is 0 Å². The second-order valence-electron chi connectivity index (χ2n) is 3.83. The van der Waals surface area contributed by atoms with Gasteiger partial charge in [0.15, 0.2) is 11.1 Å². The lowest BCUT2D eigenvalue weighted by Gasteiger charge is -2.08. The molecule has 0 aromatic heterocycles. The summed E-state index contributed by atoms with van der Waals surface area (Å²) in [4.78, 5) is 11.0. The average molecular weight is 275 g/mol. The van der Waals surface area contributed by atoms with Gasteiger partial charge in [-0.15, -0.1) is 0 Å². The highest BCUT2D eigenvalue weighted by Crippen LogP contribution is 2.17. The van der Waals surface area contributed by atoms with Crippen LogP contribution in [-0.4, -0.2) is 14.0 Å². The van der Waals surface area contributed by atoms with Gasteiger partial charge in [0.05, 0.1) is 5.75 Å². The van der Waals surface area contributed by atoms with Crippen molar-refractivity contribution in [1.82, 2.24) is 0 Å². The first-order chi connectivity index (χ1) is 8.04. The SMILES string of the molecule is CCCCc1ccc(C(=O)Cl)cc1CS(=O)O. The molecule has 94 valence electrons. The smallest absolute Gasteiger partial charge is 0.252 e. The minimum atomic E-state index is -1.91. The molecule has 0 heterocycles. The van der Waals surface area contributed by atoms with Crippen molar-refractivity contribution in [2.75, 3.05) is 0 Å². The van der Waals surface area contributed by atoms with Crippen LogP contribution >= 0.6 is 11.6 Å². The lowest BCUT2D eigenvalue weighted by atomic mass is 10.0. The van der Waals surface area contributed by atoms with Gasteiger partial charge in [0.1, 0.15) is 0 Å². The zero-order valence-corrected chi connectivity index (χ0v) is 11.2. The fourth-order valence-corrected chi connectivity index (χ4v) is 2.28. The molecule has 0 radical (unpaired) electrons. The third kappa shape index (κ3) is 4.58. The minimum absolute atomic E-state index is 0.0387. The number of carbonyl (C=O) groups is 1. The average Bonchev–Trinajstić information content (AvgIpc) is 2.26. The van der Waals surface area contributed by atoms with Gasteiger partial charge in [-0.05, 0) is 47.7 Å². The Balaban J connectivity index is 3.02. The molecule has 5 heteroatoms. The summed E-state index contributed by atoms with van der Waals surface area (Å²) >= 11 is 3.48. The molecular formula is C12H15ClO3S. The summed E-state index contributed by atoms with van der Waals surface area (Å²) in [7, 11) is 0. The van der Waals surface area contributed by atoms with Crippen LogP contribution in [0.2, 0.25) is 0 Å². The number of hydrogen-bond acceptors (Lipinski definition) is 2. The molecule has 0 saturated carbocycles. The van der Waals surface area contributed by atoms with Crippen molar-refractivity contribution in [2.45, 2.75) is 31.9 Å². The molecule has 0 saturated heterocycles. The number of halogens is 1. The quantitative estimate of drug-likeness (QED) is 0.640. The summed E-state index contributed by atoms with van der Waals surface area (Å²) in [5, 5.41) is -0.544. The van der Waals surface area contributed by atoms with Crippen LogP contribution in [0.25, 0.3) is 0 Å². The van der Waals surface area contributed by atoms with E-state index in [9.17, 15) is 9.00 Å². The molecule has 0 aliphatic carbocycles. The Morgan fingerprint density at radius 2 is 2.12 bits per heavy atom. The van der Waals surface area contributed by atoms with Crippen molar-refractivity contribution in [1.29, 1.82) is 0 Å². The fraction of sp³-hybridized carbons (Fsp3) is 0.417. The highest BCUT2D eigenvalue weighted by molar-refractivity contribution is 7.78. The Labute approximate surface area is 108 Å². The Hall–Kier alpha value is -0.710. The first kappa shape index (κ1) is 14.4. The van der Waals surface area contributed by atoms with E-state index in [1.165, 1.54) is 0 Å². The van der Waals surface area contributed by atoms with Gasteiger partial charge in [0.25, 0.3) is 5.24 Å². The molecule has 1 aromatic carbocycles. The number of rotatable bonds is 6. The molecule has 0 aliphatic heterocycles. The Morgan fingerprint density at radius 3 is 2.65 bits per heavy atom. The summed E-state index contributed by atoms with van der Waals surface area (Å²) in [6, 6.07) is 5.08. The van der Waals surface area contributed by atoms with E-state index < -0.39 is 16.3 Å². The normalized spacial score (nSPS) is 12.4. The minimum Gasteiger partial charge on any atom is -0.306 e. The molecule has 0 spiro atoms. The van der Waals surface area contributed by atoms with Gasteiger partial charge >= 0.3 is 0 Å². The molecule has 1 aromatic rings. The van der Waals surface area contributed by atoms with E-state index in [2.05, 4.69) is 6.92 Å². The monoisotopic (exact) mass is 274 g/mol. The van der Waals surface area contributed by atoms with Crippen LogP contribution in [0.3, 0.4) is 0 Å². The van der Waals surface area contributed by atoms with Gasteiger partial charge in [0.2, 0.25) is 0 Å². The number of aryl methyl sites for hydroxylation is 1. The molecule has 0 amide bonds. The van der Waals surface area contributed by atoms with E-state index in [0.29, 0.717) is 5.56 Å². The summed E-state index contributed by atoms with van der Waals surface area (Å²) in [5.74, 6) is 0.0387. The Morgan fingerprint density at radius 1 is 1.41 bits per heavy atom. The van der Waals surface area contributed by atoms with Crippen LogP contribution in [0.5, 0.6) is 0 Å². The van der Waals surface area contributed by atoms with Crippen LogP contribution in [0.15, 0.2) is 18.2 Å². The number of unbranched alkanes of at least 4 members (excludes halogenated alkanes) is 1. The zero-order valence-electron chi connectivity index (χ0n) is 9.61. The molecule has 1 N–H and O–H groups in total. The van der Waals surface area contributed by atoms with Crippen molar-refractivity contribution < 1.29 is 13.6 Å². The van der Waals surface area contributed by atoms with Crippen LogP contribution in [0.4, 0.5) is 0 Å². The number of carbonyl (C=O) groups excluding carboxylic acids is 1. The fourth-order valence-electron chi connectivity index (χ4n) is 1.63. The second-order valence-corrected chi connectivity index (χ2v) is 5.10. The van der Waals surface area contributed by atoms with Gasteiger partial charge in [-0.2, -0.15) is 0 Å². The molecule has 17 heavy (non-hydrogen) atoms. The standard InChI is InChI=1S/C12H15ClO3S/c1-2-3-4-9-5-6-10(12(13)14)7-11(9)8-17(15)16/h5-7H,2-4,8H2,1H3,(H,15,16). The molecule has 0 fully saturated rings. The largest absolute Gasteiger partial charge is 0.306 e. The maximum Gasteiger partial charge on any atom is 0.252 e. The maximum atomic E-state index is 11.0. The van der Waals surface area contributed by atoms with Crippen molar-refractivity contribution in [3.05, 3.63) is 34.9 Å². The molecule has 1 atom stereocenters. The first-order valence-electron chi connectivity index (χ1n) is 5.43. The molecule has 0 bridgehead atoms. The van der Waals surface area contributed by atoms with Gasteiger partial charge in [-0.1, -0.05) is 19.4 Å². The summed E-state index contributed by atoms with van der Waals surface area (Å²) in [6.07, 6.45) is 2.91. The lowest BCUT2D eigenvalue weighted by Crippen LogP contribution is -2.02. The zero-order chi connectivity index (χ0) is 12.8. The number of hydrogen-bond donors (Lipinski definition) is 1. The predicted octanol–water partition coefficient (Wildman–Crippen LogP) is 3.13.